The molecule has 0 bridgehead atoms. The van der Waals surface area contributed by atoms with Crippen LogP contribution >= 0.6 is 0 Å². The summed E-state index contributed by atoms with van der Waals surface area (Å²) in [5.74, 6) is 0.879. The van der Waals surface area contributed by atoms with Crippen molar-refractivity contribution < 1.29 is 4.39 Å². The maximum absolute atomic E-state index is 12.7. The molecule has 2 unspecified atom stereocenters. The lowest BCUT2D eigenvalue weighted by Crippen LogP contribution is -2.16. The number of halogens is 1. The Morgan fingerprint density at radius 2 is 2.29 bits per heavy atom. The van der Waals surface area contributed by atoms with Crippen LogP contribution in [0.2, 0.25) is 0 Å². The molecule has 1 saturated carbocycles. The van der Waals surface area contributed by atoms with Crippen LogP contribution in [0.5, 0.6) is 0 Å². The minimum Gasteiger partial charge on any atom is -0.367 e. The summed E-state index contributed by atoms with van der Waals surface area (Å²) in [4.78, 5) is 7.38. The van der Waals surface area contributed by atoms with E-state index in [2.05, 4.69) is 22.2 Å². The van der Waals surface area contributed by atoms with E-state index in [0.29, 0.717) is 11.9 Å². The van der Waals surface area contributed by atoms with Gasteiger partial charge in [-0.15, -0.1) is 0 Å². The summed E-state index contributed by atoms with van der Waals surface area (Å²) >= 11 is 0. The Bertz CT molecular complexity index is 316. The molecule has 0 amide bonds. The van der Waals surface area contributed by atoms with E-state index < -0.39 is 5.95 Å². The molecule has 2 rings (SSSR count). The number of anilines is 1. The molecule has 0 spiro atoms. The van der Waals surface area contributed by atoms with Crippen LogP contribution in [0.25, 0.3) is 0 Å². The predicted octanol–water partition coefficient (Wildman–Crippen LogP) is 2.22. The van der Waals surface area contributed by atoms with Gasteiger partial charge in [-0.3, -0.25) is 0 Å². The van der Waals surface area contributed by atoms with Crippen LogP contribution in [0.3, 0.4) is 0 Å². The molecule has 0 radical (unpaired) electrons. The van der Waals surface area contributed by atoms with Crippen LogP contribution in [0.4, 0.5) is 10.2 Å². The van der Waals surface area contributed by atoms with Gasteiger partial charge in [-0.1, -0.05) is 6.92 Å². The van der Waals surface area contributed by atoms with E-state index in [-0.39, 0.29) is 0 Å². The van der Waals surface area contributed by atoms with Gasteiger partial charge in [0.25, 0.3) is 0 Å². The maximum atomic E-state index is 12.7. The van der Waals surface area contributed by atoms with Crippen molar-refractivity contribution in [2.24, 2.45) is 5.92 Å². The van der Waals surface area contributed by atoms with Gasteiger partial charge in [0.2, 0.25) is 5.95 Å². The summed E-state index contributed by atoms with van der Waals surface area (Å²) in [6.45, 7) is 2.24. The van der Waals surface area contributed by atoms with E-state index in [4.69, 9.17) is 0 Å². The summed E-state index contributed by atoms with van der Waals surface area (Å²) < 4.78 is 12.7. The third-order valence-corrected chi connectivity index (χ3v) is 2.68. The van der Waals surface area contributed by atoms with Crippen molar-refractivity contribution in [2.45, 2.75) is 32.2 Å². The zero-order valence-corrected chi connectivity index (χ0v) is 8.20. The number of nitrogens with one attached hydrogen (secondary N) is 1. The Kier molecular flexibility index (Phi) is 2.61. The highest BCUT2D eigenvalue weighted by atomic mass is 19.1. The quantitative estimate of drug-likeness (QED) is 0.735. The molecular formula is C10H14FN3. The smallest absolute Gasteiger partial charge is 0.217 e. The molecule has 1 aliphatic carbocycles. The first-order valence-corrected chi connectivity index (χ1v) is 4.98. The summed E-state index contributed by atoms with van der Waals surface area (Å²) in [6.07, 6.45) is 4.78. The topological polar surface area (TPSA) is 37.8 Å². The van der Waals surface area contributed by atoms with E-state index in [1.54, 1.807) is 0 Å². The van der Waals surface area contributed by atoms with Gasteiger partial charge in [0.15, 0.2) is 0 Å². The number of hydrogen-bond acceptors (Lipinski definition) is 3. The minimum atomic E-state index is -0.478. The zero-order chi connectivity index (χ0) is 9.97. The van der Waals surface area contributed by atoms with Crippen LogP contribution in [0.1, 0.15) is 26.2 Å². The third kappa shape index (κ3) is 2.19. The molecule has 1 fully saturated rings. The van der Waals surface area contributed by atoms with Crippen LogP contribution in [-0.2, 0) is 0 Å². The fourth-order valence-corrected chi connectivity index (χ4v) is 1.96. The Morgan fingerprint density at radius 3 is 2.93 bits per heavy atom. The van der Waals surface area contributed by atoms with Crippen molar-refractivity contribution in [2.75, 3.05) is 5.32 Å². The molecule has 14 heavy (non-hydrogen) atoms. The van der Waals surface area contributed by atoms with Crippen LogP contribution in [0, 0.1) is 11.9 Å². The Hall–Kier alpha value is -1.19. The maximum Gasteiger partial charge on any atom is 0.217 e. The zero-order valence-electron chi connectivity index (χ0n) is 8.20. The Labute approximate surface area is 82.8 Å². The van der Waals surface area contributed by atoms with Gasteiger partial charge < -0.3 is 5.32 Å². The molecule has 1 aromatic rings. The molecule has 1 aliphatic rings. The first-order valence-electron chi connectivity index (χ1n) is 4.98. The van der Waals surface area contributed by atoms with Crippen molar-refractivity contribution in [3.05, 3.63) is 18.3 Å². The number of hydrogen-bond donors (Lipinski definition) is 1. The molecule has 0 saturated heterocycles. The largest absolute Gasteiger partial charge is 0.367 e. The molecule has 0 aromatic carbocycles. The highest BCUT2D eigenvalue weighted by molar-refractivity contribution is 5.33. The first kappa shape index (κ1) is 9.37. The van der Waals surface area contributed by atoms with Gasteiger partial charge >= 0.3 is 0 Å². The van der Waals surface area contributed by atoms with Gasteiger partial charge in [-0.2, -0.15) is 4.39 Å². The lowest BCUT2D eigenvalue weighted by atomic mass is 10.1. The second-order valence-corrected chi connectivity index (χ2v) is 3.99. The average molecular weight is 195 g/mol. The molecule has 1 N–H and O–H groups in total. The molecule has 76 valence electrons. The van der Waals surface area contributed by atoms with Crippen LogP contribution in [-0.4, -0.2) is 16.0 Å². The second-order valence-electron chi connectivity index (χ2n) is 3.99. The Balaban J connectivity index is 1.97. The van der Waals surface area contributed by atoms with Crippen molar-refractivity contribution >= 4 is 5.82 Å². The van der Waals surface area contributed by atoms with Gasteiger partial charge in [-0.25, -0.2) is 9.97 Å². The van der Waals surface area contributed by atoms with Gasteiger partial charge in [0, 0.05) is 12.1 Å². The van der Waals surface area contributed by atoms with Crippen LogP contribution < -0.4 is 5.32 Å². The lowest BCUT2D eigenvalue weighted by molar-refractivity contribution is 0.578. The summed E-state index contributed by atoms with van der Waals surface area (Å²) in [5, 5.41) is 3.22. The average Bonchev–Trinajstić information content (AvgIpc) is 2.51. The second kappa shape index (κ2) is 3.90. The summed E-state index contributed by atoms with van der Waals surface area (Å²) in [6, 6.07) is 1.78. The van der Waals surface area contributed by atoms with E-state index >= 15 is 0 Å². The van der Waals surface area contributed by atoms with E-state index in [9.17, 15) is 4.39 Å². The van der Waals surface area contributed by atoms with Crippen molar-refractivity contribution in [3.63, 3.8) is 0 Å². The molecule has 0 aliphatic heterocycles. The number of aromatic nitrogens is 2. The Morgan fingerprint density at radius 1 is 1.43 bits per heavy atom. The first-order chi connectivity index (χ1) is 6.74. The number of nitrogens with zero attached hydrogens (tertiary/aromatic N) is 2. The third-order valence-electron chi connectivity index (χ3n) is 2.68. The highest BCUT2D eigenvalue weighted by Gasteiger charge is 2.21. The molecule has 3 nitrogen and oxygen atoms in total. The van der Waals surface area contributed by atoms with E-state index in [0.717, 1.165) is 18.8 Å². The molecule has 1 aromatic heterocycles. The SMILES string of the molecule is CC1CCC(Nc2cc(F)ncn2)C1. The fraction of sp³-hybridized carbons (Fsp3) is 0.600. The molecule has 1 heterocycles. The summed E-state index contributed by atoms with van der Waals surface area (Å²) in [7, 11) is 0. The van der Waals surface area contributed by atoms with Crippen molar-refractivity contribution in [3.8, 4) is 0 Å². The standard InChI is InChI=1S/C10H14FN3/c1-7-2-3-8(4-7)14-10-5-9(11)12-6-13-10/h5-8H,2-4H2,1H3,(H,12,13,14). The molecular weight excluding hydrogens is 181 g/mol. The van der Waals surface area contributed by atoms with Crippen molar-refractivity contribution in [1.29, 1.82) is 0 Å². The van der Waals surface area contributed by atoms with Gasteiger partial charge in [0.05, 0.1) is 0 Å². The highest BCUT2D eigenvalue weighted by Crippen LogP contribution is 2.26. The molecule has 2 atom stereocenters. The monoisotopic (exact) mass is 195 g/mol. The minimum absolute atomic E-state index is 0.444. The molecule has 4 heteroatoms. The lowest BCUT2D eigenvalue weighted by Gasteiger charge is -2.12. The van der Waals surface area contributed by atoms with Crippen molar-refractivity contribution in [1.82, 2.24) is 9.97 Å². The van der Waals surface area contributed by atoms with E-state index in [1.165, 1.54) is 18.8 Å². The fourth-order valence-electron chi connectivity index (χ4n) is 1.96. The predicted molar refractivity (Wildman–Crippen MR) is 52.4 cm³/mol. The summed E-state index contributed by atoms with van der Waals surface area (Å²) in [5.41, 5.74) is 0. The van der Waals surface area contributed by atoms with E-state index in [1.807, 2.05) is 0 Å². The normalized spacial score (nSPS) is 26.4. The van der Waals surface area contributed by atoms with Crippen LogP contribution in [0.15, 0.2) is 12.4 Å². The van der Waals surface area contributed by atoms with Gasteiger partial charge in [0.1, 0.15) is 12.1 Å². The number of rotatable bonds is 2. The van der Waals surface area contributed by atoms with Gasteiger partial charge in [-0.05, 0) is 25.2 Å².